The second-order valence-corrected chi connectivity index (χ2v) is 8.43. The predicted molar refractivity (Wildman–Crippen MR) is 122 cm³/mol. The van der Waals surface area contributed by atoms with E-state index in [1.807, 2.05) is 0 Å². The zero-order valence-electron chi connectivity index (χ0n) is 19.5. The van der Waals surface area contributed by atoms with Crippen molar-refractivity contribution in [2.75, 3.05) is 6.54 Å². The van der Waals surface area contributed by atoms with Crippen LogP contribution in [0.1, 0.15) is 123 Å². The van der Waals surface area contributed by atoms with Crippen molar-refractivity contribution in [3.63, 3.8) is 0 Å². The number of carboxylic acids is 1. The summed E-state index contributed by atoms with van der Waals surface area (Å²) in [6.07, 6.45) is 19.1. The fraction of sp³-hybridized carbons (Fsp3) is 0.875. The number of carboxylic acid groups (broad SMARTS) is 1. The van der Waals surface area contributed by atoms with E-state index in [9.17, 15) is 14.4 Å². The van der Waals surface area contributed by atoms with Gasteiger partial charge in [0, 0.05) is 19.9 Å². The molecule has 2 amide bonds. The number of aliphatic carboxylic acids is 1. The highest BCUT2D eigenvalue weighted by atomic mass is 16.4. The average Bonchev–Trinajstić information content (AvgIpc) is 2.70. The maximum absolute atomic E-state index is 11.8. The Labute approximate surface area is 184 Å². The molecule has 3 N–H and O–H groups in total. The van der Waals surface area contributed by atoms with Crippen molar-refractivity contribution >= 4 is 17.8 Å². The van der Waals surface area contributed by atoms with Crippen LogP contribution >= 0.6 is 0 Å². The zero-order chi connectivity index (χ0) is 22.5. The van der Waals surface area contributed by atoms with Crippen molar-refractivity contribution in [2.45, 2.75) is 129 Å². The molecule has 1 atom stereocenters. The van der Waals surface area contributed by atoms with Gasteiger partial charge in [-0.2, -0.15) is 0 Å². The molecule has 0 aliphatic rings. The smallest absolute Gasteiger partial charge is 0.326 e. The molecular weight excluding hydrogens is 380 g/mol. The van der Waals surface area contributed by atoms with Gasteiger partial charge in [0.2, 0.25) is 11.8 Å². The molecule has 0 heterocycles. The second kappa shape index (κ2) is 20.7. The highest BCUT2D eigenvalue weighted by molar-refractivity contribution is 5.82. The quantitative estimate of drug-likeness (QED) is 0.216. The lowest BCUT2D eigenvalue weighted by molar-refractivity contribution is -0.141. The van der Waals surface area contributed by atoms with Gasteiger partial charge >= 0.3 is 5.97 Å². The molecule has 0 aromatic carbocycles. The molecule has 0 bridgehead atoms. The lowest BCUT2D eigenvalue weighted by atomic mass is 10.0. The summed E-state index contributed by atoms with van der Waals surface area (Å²) in [5.74, 6) is -1.28. The number of carbonyl (C=O) groups excluding carboxylic acids is 2. The Morgan fingerprint density at radius 1 is 0.733 bits per heavy atom. The molecular formula is C24H46N2O4. The van der Waals surface area contributed by atoms with Crippen molar-refractivity contribution in [3.05, 3.63) is 0 Å². The van der Waals surface area contributed by atoms with E-state index in [1.54, 1.807) is 0 Å². The molecule has 0 aromatic heterocycles. The highest BCUT2D eigenvalue weighted by Crippen LogP contribution is 2.13. The Kier molecular flexibility index (Phi) is 19.6. The standard InChI is InChI=1S/C24H46N2O4/c1-3-4-5-6-7-8-9-10-11-12-13-14-15-19-23(28)25-20-17-16-18-22(24(29)30)26-21(2)27/h22H,3-20H2,1-2H3,(H,25,28)(H,26,27)(H,29,30)/t22-/m0/s1. The number of nitrogens with one attached hydrogen (secondary N) is 2. The van der Waals surface area contributed by atoms with Crippen LogP contribution in [0.15, 0.2) is 0 Å². The lowest BCUT2D eigenvalue weighted by Crippen LogP contribution is -2.39. The van der Waals surface area contributed by atoms with Crippen molar-refractivity contribution < 1.29 is 19.5 Å². The molecule has 0 unspecified atom stereocenters. The molecule has 6 nitrogen and oxygen atoms in total. The third kappa shape index (κ3) is 19.7. The SMILES string of the molecule is CCCCCCCCCCCCCCCC(=O)NCCCC[C@H](NC(C)=O)C(=O)O. The van der Waals surface area contributed by atoms with Crippen LogP contribution in [0.4, 0.5) is 0 Å². The second-order valence-electron chi connectivity index (χ2n) is 8.43. The normalized spacial score (nSPS) is 11.8. The van der Waals surface area contributed by atoms with Crippen LogP contribution in [0.3, 0.4) is 0 Å². The molecule has 0 spiro atoms. The first-order valence-electron chi connectivity index (χ1n) is 12.2. The first-order chi connectivity index (χ1) is 14.5. The summed E-state index contributed by atoms with van der Waals surface area (Å²) < 4.78 is 0. The Balaban J connectivity index is 3.40. The summed E-state index contributed by atoms with van der Waals surface area (Å²) in [6.45, 7) is 4.13. The Bertz CT molecular complexity index is 454. The van der Waals surface area contributed by atoms with E-state index in [-0.39, 0.29) is 11.8 Å². The van der Waals surface area contributed by atoms with Gasteiger partial charge in [-0.05, 0) is 25.7 Å². The third-order valence-corrected chi connectivity index (χ3v) is 5.42. The molecule has 0 saturated carbocycles. The summed E-state index contributed by atoms with van der Waals surface area (Å²) in [5.41, 5.74) is 0. The Morgan fingerprint density at radius 2 is 1.23 bits per heavy atom. The van der Waals surface area contributed by atoms with Crippen molar-refractivity contribution in [1.29, 1.82) is 0 Å². The molecule has 0 aliphatic carbocycles. The van der Waals surface area contributed by atoms with E-state index in [1.165, 1.54) is 77.6 Å². The number of carbonyl (C=O) groups is 3. The van der Waals surface area contributed by atoms with Gasteiger partial charge in [0.15, 0.2) is 0 Å². The maximum atomic E-state index is 11.8. The molecule has 0 aliphatic heterocycles. The van der Waals surface area contributed by atoms with Gasteiger partial charge in [0.25, 0.3) is 0 Å². The molecule has 0 saturated heterocycles. The van der Waals surface area contributed by atoms with Gasteiger partial charge in [-0.1, -0.05) is 84.0 Å². The highest BCUT2D eigenvalue weighted by Gasteiger charge is 2.17. The van der Waals surface area contributed by atoms with Crippen LogP contribution in [0, 0.1) is 0 Å². The number of unbranched alkanes of at least 4 members (excludes halogenated alkanes) is 13. The molecule has 30 heavy (non-hydrogen) atoms. The van der Waals surface area contributed by atoms with E-state index in [4.69, 9.17) is 5.11 Å². The van der Waals surface area contributed by atoms with Crippen molar-refractivity contribution in [2.24, 2.45) is 0 Å². The number of hydrogen-bond acceptors (Lipinski definition) is 3. The fourth-order valence-corrected chi connectivity index (χ4v) is 3.60. The van der Waals surface area contributed by atoms with Crippen molar-refractivity contribution in [3.8, 4) is 0 Å². The minimum Gasteiger partial charge on any atom is -0.480 e. The number of amides is 2. The third-order valence-electron chi connectivity index (χ3n) is 5.42. The van der Waals surface area contributed by atoms with Crippen LogP contribution in [0.25, 0.3) is 0 Å². The Hall–Kier alpha value is -1.59. The number of hydrogen-bond donors (Lipinski definition) is 3. The van der Waals surface area contributed by atoms with Gasteiger partial charge in [0.1, 0.15) is 6.04 Å². The first kappa shape index (κ1) is 28.4. The molecule has 0 radical (unpaired) electrons. The van der Waals surface area contributed by atoms with E-state index in [2.05, 4.69) is 17.6 Å². The Morgan fingerprint density at radius 3 is 1.70 bits per heavy atom. The summed E-state index contributed by atoms with van der Waals surface area (Å²) in [7, 11) is 0. The van der Waals surface area contributed by atoms with Crippen LogP contribution in [-0.4, -0.2) is 35.5 Å². The largest absolute Gasteiger partial charge is 0.480 e. The minimum absolute atomic E-state index is 0.0784. The summed E-state index contributed by atoms with van der Waals surface area (Å²) in [4.78, 5) is 33.8. The van der Waals surface area contributed by atoms with Crippen molar-refractivity contribution in [1.82, 2.24) is 10.6 Å². The maximum Gasteiger partial charge on any atom is 0.326 e. The average molecular weight is 427 g/mol. The van der Waals surface area contributed by atoms with Gasteiger partial charge < -0.3 is 15.7 Å². The molecule has 0 fully saturated rings. The van der Waals surface area contributed by atoms with Gasteiger partial charge in [0.05, 0.1) is 0 Å². The topological polar surface area (TPSA) is 95.5 Å². The lowest BCUT2D eigenvalue weighted by Gasteiger charge is -2.13. The van der Waals surface area contributed by atoms with E-state index >= 15 is 0 Å². The van der Waals surface area contributed by atoms with E-state index < -0.39 is 12.0 Å². The van der Waals surface area contributed by atoms with Gasteiger partial charge in [-0.25, -0.2) is 4.79 Å². The van der Waals surface area contributed by atoms with E-state index in [0.29, 0.717) is 32.2 Å². The molecule has 0 rings (SSSR count). The predicted octanol–water partition coefficient (Wildman–Crippen LogP) is 5.34. The van der Waals surface area contributed by atoms with Gasteiger partial charge in [-0.3, -0.25) is 9.59 Å². The van der Waals surface area contributed by atoms with Gasteiger partial charge in [-0.15, -0.1) is 0 Å². The zero-order valence-corrected chi connectivity index (χ0v) is 19.5. The van der Waals surface area contributed by atoms with Crippen LogP contribution < -0.4 is 10.6 Å². The molecule has 6 heteroatoms. The number of rotatable bonds is 21. The minimum atomic E-state index is -1.02. The molecule has 0 aromatic rings. The van der Waals surface area contributed by atoms with E-state index in [0.717, 1.165) is 12.8 Å². The monoisotopic (exact) mass is 426 g/mol. The fourth-order valence-electron chi connectivity index (χ4n) is 3.60. The van der Waals surface area contributed by atoms with Crippen LogP contribution in [0.2, 0.25) is 0 Å². The summed E-state index contributed by atoms with van der Waals surface area (Å²) in [5, 5.41) is 14.3. The first-order valence-corrected chi connectivity index (χ1v) is 12.2. The summed E-state index contributed by atoms with van der Waals surface area (Å²) >= 11 is 0. The summed E-state index contributed by atoms with van der Waals surface area (Å²) in [6, 6.07) is -0.844. The van der Waals surface area contributed by atoms with Crippen LogP contribution in [-0.2, 0) is 14.4 Å². The molecule has 176 valence electrons. The van der Waals surface area contributed by atoms with Crippen LogP contribution in [0.5, 0.6) is 0 Å².